The molecule has 6 N–H and O–H groups in total. The number of rotatable bonds is 23. The summed E-state index contributed by atoms with van der Waals surface area (Å²) in [4.78, 5) is 0. The number of hydrogen-bond donors (Lipinski definition) is 4. The molecule has 0 heterocycles. The van der Waals surface area contributed by atoms with Crippen molar-refractivity contribution in [1.29, 1.82) is 0 Å². The second-order valence-corrected chi connectivity index (χ2v) is 15.9. The van der Waals surface area contributed by atoms with E-state index in [9.17, 15) is 0 Å². The smallest absolute Gasteiger partial charge is 0.385 e. The molecule has 244 valence electrons. The van der Waals surface area contributed by atoms with Gasteiger partial charge in [0.05, 0.1) is 6.04 Å². The van der Waals surface area contributed by atoms with Crippen molar-refractivity contribution in [2.24, 2.45) is 11.5 Å². The Balaban J connectivity index is 0.000000469. The molecule has 0 aliphatic heterocycles. The van der Waals surface area contributed by atoms with Gasteiger partial charge in [-0.15, -0.1) is 6.58 Å². The zero-order valence-corrected chi connectivity index (χ0v) is 28.9. The average Bonchev–Trinajstić information content (AvgIpc) is 3.07. The van der Waals surface area contributed by atoms with E-state index in [0.717, 1.165) is 50.0 Å². The van der Waals surface area contributed by atoms with Crippen LogP contribution in [-0.2, 0) is 26.6 Å². The first-order chi connectivity index (χ1) is 20.9. The van der Waals surface area contributed by atoms with Gasteiger partial charge in [-0.3, -0.25) is 0 Å². The van der Waals surface area contributed by atoms with Crippen LogP contribution in [0.4, 0.5) is 5.69 Å². The minimum Gasteiger partial charge on any atom is -0.385 e. The molecule has 2 aromatic carbocycles. The fourth-order valence-corrected chi connectivity index (χ4v) is 8.35. The highest BCUT2D eigenvalue weighted by Crippen LogP contribution is 2.22. The van der Waals surface area contributed by atoms with Crippen molar-refractivity contribution >= 4 is 23.3 Å². The quantitative estimate of drug-likeness (QED) is 0.0781. The molecule has 12 heteroatoms. The first-order valence-corrected chi connectivity index (χ1v) is 18.8. The highest BCUT2D eigenvalue weighted by Gasteiger charge is 2.39. The van der Waals surface area contributed by atoms with Crippen molar-refractivity contribution in [2.45, 2.75) is 49.9 Å². The average molecular weight is 637 g/mol. The lowest BCUT2D eigenvalue weighted by molar-refractivity contribution is 0.0960. The van der Waals surface area contributed by atoms with E-state index in [1.54, 1.807) is 35.5 Å². The molecule has 2 unspecified atom stereocenters. The Kier molecular flexibility index (Phi) is 21.3. The number of para-hydroxylation sites is 1. The van der Waals surface area contributed by atoms with E-state index < -0.39 is 17.6 Å². The number of nitrogens with two attached hydrogens (primary N) is 2. The summed E-state index contributed by atoms with van der Waals surface area (Å²) in [5, 5.41) is 6.99. The summed E-state index contributed by atoms with van der Waals surface area (Å²) in [5.74, 6) is 0. The molecule has 0 saturated heterocycles. The molecule has 2 aromatic rings. The van der Waals surface area contributed by atoms with Crippen LogP contribution in [0.1, 0.15) is 37.3 Å². The van der Waals surface area contributed by atoms with Crippen molar-refractivity contribution in [3.8, 4) is 0 Å². The topological polar surface area (TPSA) is 131 Å². The van der Waals surface area contributed by atoms with E-state index in [-0.39, 0.29) is 12.1 Å². The van der Waals surface area contributed by atoms with Crippen molar-refractivity contribution in [2.75, 3.05) is 67.1 Å². The van der Waals surface area contributed by atoms with Crippen LogP contribution in [0.3, 0.4) is 0 Å². The van der Waals surface area contributed by atoms with Crippen LogP contribution in [0.5, 0.6) is 0 Å². The Hall–Kier alpha value is -1.95. The van der Waals surface area contributed by atoms with Crippen molar-refractivity contribution < 1.29 is 26.6 Å². The molecule has 43 heavy (non-hydrogen) atoms. The van der Waals surface area contributed by atoms with Crippen LogP contribution in [-0.4, -0.2) is 85.4 Å². The maximum atomic E-state index is 5.95. The summed E-state index contributed by atoms with van der Waals surface area (Å²) >= 11 is 0. The zero-order valence-electron chi connectivity index (χ0n) is 26.9. The van der Waals surface area contributed by atoms with Crippen molar-refractivity contribution in [1.82, 2.24) is 5.32 Å². The van der Waals surface area contributed by atoms with Gasteiger partial charge in [0.2, 0.25) is 0 Å². The maximum absolute atomic E-state index is 5.95. The number of nitrogens with one attached hydrogen (secondary N) is 2. The molecule has 0 saturated carbocycles. The number of benzene rings is 2. The number of anilines is 1. The number of hydrogen-bond acceptors (Lipinski definition) is 10. The molecule has 2 rings (SSSR count). The lowest BCUT2D eigenvalue weighted by atomic mass is 10.0. The first kappa shape index (κ1) is 39.1. The summed E-state index contributed by atoms with van der Waals surface area (Å²) in [7, 11) is 3.16. The first-order valence-electron chi connectivity index (χ1n) is 14.9. The summed E-state index contributed by atoms with van der Waals surface area (Å²) in [6, 6.07) is 22.2. The van der Waals surface area contributed by atoms with E-state index >= 15 is 0 Å². The Labute approximate surface area is 262 Å². The lowest BCUT2D eigenvalue weighted by Crippen LogP contribution is -2.46. The van der Waals surface area contributed by atoms with E-state index in [2.05, 4.69) is 29.3 Å². The van der Waals surface area contributed by atoms with Gasteiger partial charge in [-0.2, -0.15) is 0 Å². The summed E-state index contributed by atoms with van der Waals surface area (Å²) in [6.45, 7) is 6.61. The minimum atomic E-state index is -2.68. The predicted octanol–water partition coefficient (Wildman–Crippen LogP) is 4.57. The van der Waals surface area contributed by atoms with Gasteiger partial charge >= 0.3 is 17.6 Å². The molecular formula is C31H56N4O6Si2. The second kappa shape index (κ2) is 23.4. The summed E-state index contributed by atoms with van der Waals surface area (Å²) in [6.07, 6.45) is 5.38. The monoisotopic (exact) mass is 636 g/mol. The van der Waals surface area contributed by atoms with Crippen molar-refractivity contribution in [3.63, 3.8) is 0 Å². The standard InChI is InChI=1S/C19H35N3O3Si.C12H21NO3Si/c1-4-19(17-9-6-5-7-10-17)22-18(11-14-21)12-16-26(23-2,24-3)25-15-8-13-20;1-14-17(15-2,16-3)11-7-10-13-12-8-5-4-6-9-12/h4-7,9-10,18-19,22H,1,8,11-16,20-21H2,2-3H3;4-6,8-9,13H,7,10-11H2,1-3H3. The summed E-state index contributed by atoms with van der Waals surface area (Å²) in [5.41, 5.74) is 13.7. The van der Waals surface area contributed by atoms with Gasteiger partial charge in [0, 0.05) is 72.5 Å². The van der Waals surface area contributed by atoms with E-state index in [1.807, 2.05) is 54.6 Å². The third-order valence-corrected chi connectivity index (χ3v) is 12.7. The Bertz CT molecular complexity index is 932. The molecular weight excluding hydrogens is 581 g/mol. The van der Waals surface area contributed by atoms with E-state index in [1.165, 1.54) is 5.56 Å². The third-order valence-electron chi connectivity index (χ3n) is 7.11. The van der Waals surface area contributed by atoms with Gasteiger partial charge in [-0.25, -0.2) is 0 Å². The molecule has 0 amide bonds. The molecule has 0 aliphatic carbocycles. The highest BCUT2D eigenvalue weighted by molar-refractivity contribution is 6.60. The van der Waals surface area contributed by atoms with Crippen LogP contribution in [0.2, 0.25) is 12.1 Å². The fourth-order valence-electron chi connectivity index (χ4n) is 4.52. The molecule has 2 atom stereocenters. The molecule has 0 spiro atoms. The van der Waals surface area contributed by atoms with Gasteiger partial charge in [0.15, 0.2) is 0 Å². The SMILES string of the molecule is C=CC(NC(CCN)CC[Si](OC)(OC)OCCCN)c1ccccc1.CO[Si](CCCNc1ccccc1)(OC)OC. The zero-order chi connectivity index (χ0) is 31.8. The molecule has 0 aliphatic rings. The Morgan fingerprint density at radius 2 is 1.33 bits per heavy atom. The van der Waals surface area contributed by atoms with Crippen LogP contribution >= 0.6 is 0 Å². The van der Waals surface area contributed by atoms with Gasteiger partial charge < -0.3 is 48.7 Å². The Morgan fingerprint density at radius 3 is 1.84 bits per heavy atom. The van der Waals surface area contributed by atoms with E-state index in [0.29, 0.717) is 19.7 Å². The molecule has 0 aromatic heterocycles. The molecule has 0 radical (unpaired) electrons. The normalized spacial score (nSPS) is 13.1. The van der Waals surface area contributed by atoms with Crippen LogP contribution in [0.15, 0.2) is 73.3 Å². The van der Waals surface area contributed by atoms with Crippen molar-refractivity contribution in [3.05, 3.63) is 78.9 Å². The van der Waals surface area contributed by atoms with Gasteiger partial charge in [-0.1, -0.05) is 54.6 Å². The highest BCUT2D eigenvalue weighted by atomic mass is 28.4. The molecule has 0 bridgehead atoms. The summed E-state index contributed by atoms with van der Waals surface area (Å²) < 4.78 is 33.3. The predicted molar refractivity (Wildman–Crippen MR) is 180 cm³/mol. The second-order valence-electron chi connectivity index (χ2n) is 9.88. The minimum absolute atomic E-state index is 0.0760. The Morgan fingerprint density at radius 1 is 0.744 bits per heavy atom. The fraction of sp³-hybridized carbons (Fsp3) is 0.548. The van der Waals surface area contributed by atoms with Crippen LogP contribution in [0, 0.1) is 0 Å². The maximum Gasteiger partial charge on any atom is 0.500 e. The van der Waals surface area contributed by atoms with Crippen LogP contribution in [0.25, 0.3) is 0 Å². The lowest BCUT2D eigenvalue weighted by Gasteiger charge is -2.29. The molecule has 10 nitrogen and oxygen atoms in total. The third kappa shape index (κ3) is 15.1. The van der Waals surface area contributed by atoms with Gasteiger partial charge in [0.25, 0.3) is 0 Å². The van der Waals surface area contributed by atoms with Gasteiger partial charge in [0.1, 0.15) is 0 Å². The van der Waals surface area contributed by atoms with Gasteiger partial charge in [-0.05, 0) is 56.5 Å². The van der Waals surface area contributed by atoms with Crippen LogP contribution < -0.4 is 22.1 Å². The largest absolute Gasteiger partial charge is 0.500 e. The van der Waals surface area contributed by atoms with E-state index in [4.69, 9.17) is 38.0 Å². The molecule has 0 fully saturated rings.